The minimum Gasteiger partial charge on any atom is -0.487 e. The highest BCUT2D eigenvalue weighted by Crippen LogP contribution is 2.30. The number of hydrogen-bond donors (Lipinski definition) is 0. The predicted molar refractivity (Wildman–Crippen MR) is 119 cm³/mol. The van der Waals surface area contributed by atoms with Gasteiger partial charge in [-0.05, 0) is 54.1 Å². The van der Waals surface area contributed by atoms with Gasteiger partial charge in [0.2, 0.25) is 0 Å². The number of aryl methyl sites for hydroxylation is 1. The molecule has 0 radical (unpaired) electrons. The molecule has 3 aromatic heterocycles. The third kappa shape index (κ3) is 3.71. The largest absolute Gasteiger partial charge is 0.487 e. The summed E-state index contributed by atoms with van der Waals surface area (Å²) < 4.78 is 12.7. The number of rotatable bonds is 5. The van der Waals surface area contributed by atoms with E-state index in [9.17, 15) is 4.79 Å². The maximum atomic E-state index is 12.4. The van der Waals surface area contributed by atoms with E-state index in [2.05, 4.69) is 9.97 Å². The summed E-state index contributed by atoms with van der Waals surface area (Å²) in [5, 5.41) is 1.10. The van der Waals surface area contributed by atoms with Crippen molar-refractivity contribution in [3.63, 3.8) is 0 Å². The lowest BCUT2D eigenvalue weighted by atomic mass is 10.0. The van der Waals surface area contributed by atoms with Gasteiger partial charge in [0.15, 0.2) is 0 Å². The van der Waals surface area contributed by atoms with Crippen LogP contribution in [0.15, 0.2) is 94.5 Å². The first-order valence-electron chi connectivity index (χ1n) is 9.88. The molecule has 0 bridgehead atoms. The standard InChI is InChI=1S/C25H19N3O3/c1-28-24(23(25(29)31-28)18-12-14-26-15-13-18)19-7-10-21(11-8-19)30-16-20-9-6-17-4-2-3-5-22(17)27-20/h2-15H,16H2,1H3. The fourth-order valence-corrected chi connectivity index (χ4v) is 3.62. The molecule has 5 aromatic rings. The summed E-state index contributed by atoms with van der Waals surface area (Å²) >= 11 is 0. The summed E-state index contributed by atoms with van der Waals surface area (Å²) in [6, 6.07) is 23.2. The fourth-order valence-electron chi connectivity index (χ4n) is 3.62. The summed E-state index contributed by atoms with van der Waals surface area (Å²) in [5.74, 6) is 0.720. The van der Waals surface area contributed by atoms with Crippen LogP contribution in [0.3, 0.4) is 0 Å². The lowest BCUT2D eigenvalue weighted by molar-refractivity contribution is 0.289. The Kier molecular flexibility index (Phi) is 4.80. The van der Waals surface area contributed by atoms with E-state index >= 15 is 0 Å². The molecule has 0 aliphatic carbocycles. The molecular formula is C25H19N3O3. The predicted octanol–water partition coefficient (Wildman–Crippen LogP) is 4.83. The summed E-state index contributed by atoms with van der Waals surface area (Å²) in [6.07, 6.45) is 3.31. The minimum atomic E-state index is -0.383. The first kappa shape index (κ1) is 18.8. The molecule has 0 aliphatic rings. The third-order valence-electron chi connectivity index (χ3n) is 5.12. The molecule has 6 nitrogen and oxygen atoms in total. The number of aromatic nitrogens is 3. The van der Waals surface area contributed by atoms with Crippen LogP contribution < -0.4 is 10.4 Å². The molecule has 31 heavy (non-hydrogen) atoms. The van der Waals surface area contributed by atoms with Crippen LogP contribution in [0.5, 0.6) is 5.75 Å². The Balaban J connectivity index is 1.39. The van der Waals surface area contributed by atoms with Crippen molar-refractivity contribution >= 4 is 10.9 Å². The van der Waals surface area contributed by atoms with E-state index in [1.807, 2.05) is 60.7 Å². The van der Waals surface area contributed by atoms with Gasteiger partial charge in [0, 0.05) is 30.4 Å². The van der Waals surface area contributed by atoms with Crippen LogP contribution in [0, 0.1) is 0 Å². The van der Waals surface area contributed by atoms with Crippen molar-refractivity contribution in [2.75, 3.05) is 0 Å². The third-order valence-corrected chi connectivity index (χ3v) is 5.12. The summed E-state index contributed by atoms with van der Waals surface area (Å²) in [4.78, 5) is 21.1. The Morgan fingerprint density at radius 1 is 0.903 bits per heavy atom. The second kappa shape index (κ2) is 7.91. The fraction of sp³-hybridized carbons (Fsp3) is 0.0800. The van der Waals surface area contributed by atoms with Crippen LogP contribution in [0.25, 0.3) is 33.3 Å². The van der Waals surface area contributed by atoms with Crippen molar-refractivity contribution in [1.29, 1.82) is 0 Å². The zero-order valence-electron chi connectivity index (χ0n) is 16.9. The van der Waals surface area contributed by atoms with Gasteiger partial charge in [0.25, 0.3) is 0 Å². The molecule has 0 fully saturated rings. The summed E-state index contributed by atoms with van der Waals surface area (Å²) in [7, 11) is 1.72. The molecule has 0 amide bonds. The highest BCUT2D eigenvalue weighted by molar-refractivity contribution is 5.80. The second-order valence-corrected chi connectivity index (χ2v) is 7.14. The number of para-hydroxylation sites is 1. The van der Waals surface area contributed by atoms with Gasteiger partial charge in [0.1, 0.15) is 12.4 Å². The topological polar surface area (TPSA) is 70.2 Å². The van der Waals surface area contributed by atoms with E-state index in [1.165, 1.54) is 4.74 Å². The number of nitrogens with zero attached hydrogens (tertiary/aromatic N) is 3. The van der Waals surface area contributed by atoms with Crippen LogP contribution in [0.1, 0.15) is 5.69 Å². The normalized spacial score (nSPS) is 11.0. The van der Waals surface area contributed by atoms with Crippen molar-refractivity contribution in [1.82, 2.24) is 14.7 Å². The molecule has 3 heterocycles. The molecule has 152 valence electrons. The van der Waals surface area contributed by atoms with Crippen LogP contribution in [0.4, 0.5) is 0 Å². The van der Waals surface area contributed by atoms with Gasteiger partial charge in [-0.3, -0.25) is 4.98 Å². The smallest absolute Gasteiger partial charge is 0.365 e. The van der Waals surface area contributed by atoms with E-state index in [4.69, 9.17) is 9.26 Å². The average Bonchev–Trinajstić information content (AvgIpc) is 3.12. The number of pyridine rings is 2. The molecule has 0 saturated carbocycles. The molecule has 6 heteroatoms. The van der Waals surface area contributed by atoms with Gasteiger partial charge in [0.05, 0.1) is 22.5 Å². The van der Waals surface area contributed by atoms with Crippen molar-refractivity contribution in [3.8, 4) is 28.1 Å². The zero-order valence-corrected chi connectivity index (χ0v) is 16.9. The van der Waals surface area contributed by atoms with E-state index in [0.717, 1.165) is 33.5 Å². The quantitative estimate of drug-likeness (QED) is 0.416. The van der Waals surface area contributed by atoms with Gasteiger partial charge in [-0.15, -0.1) is 0 Å². The Labute approximate surface area is 178 Å². The maximum Gasteiger partial charge on any atom is 0.365 e. The van der Waals surface area contributed by atoms with Crippen molar-refractivity contribution in [3.05, 3.63) is 101 Å². The Bertz CT molecular complexity index is 1400. The Morgan fingerprint density at radius 3 is 2.48 bits per heavy atom. The molecule has 0 saturated heterocycles. The van der Waals surface area contributed by atoms with Crippen LogP contribution in [-0.4, -0.2) is 14.7 Å². The summed E-state index contributed by atoms with van der Waals surface area (Å²) in [6.45, 7) is 0.372. The van der Waals surface area contributed by atoms with Gasteiger partial charge >= 0.3 is 5.63 Å². The number of hydrogen-bond acceptors (Lipinski definition) is 5. The monoisotopic (exact) mass is 409 g/mol. The van der Waals surface area contributed by atoms with E-state index in [0.29, 0.717) is 17.9 Å². The van der Waals surface area contributed by atoms with Crippen molar-refractivity contribution in [2.45, 2.75) is 6.61 Å². The number of benzene rings is 2. The van der Waals surface area contributed by atoms with Crippen molar-refractivity contribution in [2.24, 2.45) is 7.05 Å². The maximum absolute atomic E-state index is 12.4. The molecule has 2 aromatic carbocycles. The molecular weight excluding hydrogens is 390 g/mol. The molecule has 0 atom stereocenters. The zero-order chi connectivity index (χ0) is 21.2. The lowest BCUT2D eigenvalue weighted by Crippen LogP contribution is -1.99. The minimum absolute atomic E-state index is 0.372. The van der Waals surface area contributed by atoms with Crippen LogP contribution in [0.2, 0.25) is 0 Å². The Hall–Kier alpha value is -4.19. The first-order chi connectivity index (χ1) is 15.2. The Morgan fingerprint density at radius 2 is 1.68 bits per heavy atom. The molecule has 0 N–H and O–H groups in total. The van der Waals surface area contributed by atoms with E-state index in [-0.39, 0.29) is 5.63 Å². The van der Waals surface area contributed by atoms with Gasteiger partial charge in [-0.2, -0.15) is 0 Å². The van der Waals surface area contributed by atoms with Crippen molar-refractivity contribution < 1.29 is 9.26 Å². The highest BCUT2D eigenvalue weighted by Gasteiger charge is 2.18. The first-order valence-corrected chi connectivity index (χ1v) is 9.88. The molecule has 5 rings (SSSR count). The molecule has 0 unspecified atom stereocenters. The second-order valence-electron chi connectivity index (χ2n) is 7.14. The van der Waals surface area contributed by atoms with Gasteiger partial charge < -0.3 is 9.26 Å². The van der Waals surface area contributed by atoms with Gasteiger partial charge in [-0.1, -0.05) is 24.3 Å². The number of ether oxygens (including phenoxy) is 1. The van der Waals surface area contributed by atoms with Crippen LogP contribution >= 0.6 is 0 Å². The average molecular weight is 409 g/mol. The lowest BCUT2D eigenvalue weighted by Gasteiger charge is -2.09. The molecule has 0 aliphatic heterocycles. The van der Waals surface area contributed by atoms with Gasteiger partial charge in [-0.25, -0.2) is 14.5 Å². The van der Waals surface area contributed by atoms with Crippen LogP contribution in [-0.2, 0) is 13.7 Å². The SMILES string of the molecule is Cn1oc(=O)c(-c2ccncc2)c1-c1ccc(OCc2ccc3ccccc3n2)cc1. The summed E-state index contributed by atoms with van der Waals surface area (Å²) in [5.41, 5.74) is 4.27. The van der Waals surface area contributed by atoms with E-state index in [1.54, 1.807) is 31.6 Å². The number of fused-ring (bicyclic) bond motifs is 1. The molecule has 0 spiro atoms. The highest BCUT2D eigenvalue weighted by atomic mass is 16.5. The van der Waals surface area contributed by atoms with E-state index < -0.39 is 0 Å².